The average Bonchev–Trinajstić information content (AvgIpc) is 2.69. The fraction of sp³-hybridized carbons (Fsp3) is 0.0909. The van der Waals surface area contributed by atoms with Gasteiger partial charge in [0.05, 0.1) is 17.0 Å². The van der Waals surface area contributed by atoms with Crippen molar-refractivity contribution in [2.45, 2.75) is 0 Å². The first-order valence-electron chi connectivity index (χ1n) is 5.52. The lowest BCUT2D eigenvalue weighted by Gasteiger charge is -2.05. The van der Waals surface area contributed by atoms with Gasteiger partial charge in [0.1, 0.15) is 5.82 Å². The molecule has 1 aromatic heterocycles. The predicted octanol–water partition coefficient (Wildman–Crippen LogP) is 2.53. The van der Waals surface area contributed by atoms with Gasteiger partial charge in [-0.1, -0.05) is 23.2 Å². The Labute approximate surface area is 133 Å². The molecule has 1 heterocycles. The van der Waals surface area contributed by atoms with E-state index in [4.69, 9.17) is 23.2 Å². The van der Waals surface area contributed by atoms with E-state index in [1.165, 1.54) is 0 Å². The lowest BCUT2D eigenvalue weighted by molar-refractivity contribution is 0.101. The molecule has 0 aliphatic heterocycles. The van der Waals surface area contributed by atoms with Crippen molar-refractivity contribution in [3.63, 3.8) is 0 Å². The molecular weight excluding hydrogens is 363 g/mol. The topological polar surface area (TPSA) is 81.1 Å². The molecule has 0 fully saturated rings. The Hall–Kier alpha value is -1.71. The van der Waals surface area contributed by atoms with Gasteiger partial charge in [0.15, 0.2) is 16.7 Å². The zero-order chi connectivity index (χ0) is 16.7. The Bertz CT molecular complexity index is 868. The van der Waals surface area contributed by atoms with Crippen LogP contribution in [0.2, 0.25) is 10.2 Å². The Morgan fingerprint density at radius 2 is 1.95 bits per heavy atom. The SMILES string of the molecule is CS(=O)(=O)n1nc(C(=O)Nc2ccc(F)cc2Cl)c(F)c1Cl. The summed E-state index contributed by atoms with van der Waals surface area (Å²) in [5.41, 5.74) is -0.840. The highest BCUT2D eigenvalue weighted by molar-refractivity contribution is 7.89. The Morgan fingerprint density at radius 1 is 1.32 bits per heavy atom. The first-order chi connectivity index (χ1) is 10.1. The number of aromatic nitrogens is 2. The van der Waals surface area contributed by atoms with E-state index in [-0.39, 0.29) is 14.8 Å². The minimum Gasteiger partial charge on any atom is -0.319 e. The van der Waals surface area contributed by atoms with Crippen LogP contribution < -0.4 is 5.32 Å². The van der Waals surface area contributed by atoms with Crippen molar-refractivity contribution in [3.05, 3.63) is 45.7 Å². The van der Waals surface area contributed by atoms with Gasteiger partial charge in [-0.15, -0.1) is 9.19 Å². The fourth-order valence-corrected chi connectivity index (χ4v) is 2.82. The van der Waals surface area contributed by atoms with Gasteiger partial charge in [-0.05, 0) is 18.2 Å². The van der Waals surface area contributed by atoms with Gasteiger partial charge in [-0.3, -0.25) is 4.79 Å². The van der Waals surface area contributed by atoms with Gasteiger partial charge in [-0.2, -0.15) is 0 Å². The largest absolute Gasteiger partial charge is 0.319 e. The van der Waals surface area contributed by atoms with Crippen molar-refractivity contribution >= 4 is 44.8 Å². The van der Waals surface area contributed by atoms with Crippen LogP contribution in [0, 0.1) is 11.6 Å². The number of nitrogens with zero attached hydrogens (tertiary/aromatic N) is 2. The average molecular weight is 370 g/mol. The zero-order valence-electron chi connectivity index (χ0n) is 10.8. The zero-order valence-corrected chi connectivity index (χ0v) is 13.1. The summed E-state index contributed by atoms with van der Waals surface area (Å²) < 4.78 is 49.6. The number of nitrogens with one attached hydrogen (secondary N) is 1. The third kappa shape index (κ3) is 3.21. The lowest BCUT2D eigenvalue weighted by Crippen LogP contribution is -2.16. The van der Waals surface area contributed by atoms with Crippen molar-refractivity contribution in [1.29, 1.82) is 0 Å². The summed E-state index contributed by atoms with van der Waals surface area (Å²) in [4.78, 5) is 11.9. The summed E-state index contributed by atoms with van der Waals surface area (Å²) in [5, 5.41) is 4.52. The molecule has 2 aromatic rings. The maximum atomic E-state index is 13.8. The highest BCUT2D eigenvalue weighted by Gasteiger charge is 2.26. The van der Waals surface area contributed by atoms with Crippen LogP contribution in [0.15, 0.2) is 18.2 Å². The Morgan fingerprint density at radius 3 is 2.45 bits per heavy atom. The van der Waals surface area contributed by atoms with Crippen LogP contribution in [-0.4, -0.2) is 29.8 Å². The highest BCUT2D eigenvalue weighted by Crippen LogP contribution is 2.25. The number of hydrogen-bond acceptors (Lipinski definition) is 4. The summed E-state index contributed by atoms with van der Waals surface area (Å²) in [6, 6.07) is 3.12. The molecule has 0 atom stereocenters. The standard InChI is InChI=1S/C11H7Cl2F2N3O3S/c1-22(20,21)18-10(13)8(15)9(17-18)11(19)16-7-3-2-5(14)4-6(7)12/h2-4H,1H3,(H,16,19). The third-order valence-electron chi connectivity index (χ3n) is 2.46. The molecule has 0 saturated carbocycles. The number of benzene rings is 1. The molecule has 118 valence electrons. The summed E-state index contributed by atoms with van der Waals surface area (Å²) in [6.07, 6.45) is 0.740. The number of anilines is 1. The molecule has 11 heteroatoms. The molecule has 0 radical (unpaired) electrons. The molecule has 6 nitrogen and oxygen atoms in total. The van der Waals surface area contributed by atoms with Crippen LogP contribution in [0.3, 0.4) is 0 Å². The molecule has 0 aliphatic carbocycles. The van der Waals surface area contributed by atoms with Gasteiger partial charge in [-0.25, -0.2) is 17.2 Å². The predicted molar refractivity (Wildman–Crippen MR) is 76.8 cm³/mol. The molecule has 1 amide bonds. The normalized spacial score (nSPS) is 11.5. The number of rotatable bonds is 3. The van der Waals surface area contributed by atoms with E-state index in [0.717, 1.165) is 24.5 Å². The van der Waals surface area contributed by atoms with Crippen LogP contribution in [0.25, 0.3) is 0 Å². The molecule has 0 saturated heterocycles. The third-order valence-corrected chi connectivity index (χ3v) is 4.09. The van der Waals surface area contributed by atoms with Crippen LogP contribution in [0.1, 0.15) is 10.5 Å². The van der Waals surface area contributed by atoms with Crippen LogP contribution in [0.4, 0.5) is 14.5 Å². The van der Waals surface area contributed by atoms with Crippen molar-refractivity contribution in [1.82, 2.24) is 9.19 Å². The number of carbonyl (C=O) groups excluding carboxylic acids is 1. The molecular formula is C11H7Cl2F2N3O3S. The highest BCUT2D eigenvalue weighted by atomic mass is 35.5. The summed E-state index contributed by atoms with van der Waals surface area (Å²) in [5.74, 6) is -3.02. The van der Waals surface area contributed by atoms with Crippen molar-refractivity contribution in [2.75, 3.05) is 11.6 Å². The van der Waals surface area contributed by atoms with E-state index < -0.39 is 38.4 Å². The van der Waals surface area contributed by atoms with Crippen LogP contribution in [0.5, 0.6) is 0 Å². The van der Waals surface area contributed by atoms with E-state index in [9.17, 15) is 22.0 Å². The molecule has 0 aliphatic rings. The van der Waals surface area contributed by atoms with Crippen molar-refractivity contribution in [2.24, 2.45) is 0 Å². The van der Waals surface area contributed by atoms with Crippen molar-refractivity contribution in [3.8, 4) is 0 Å². The molecule has 1 aromatic carbocycles. The van der Waals surface area contributed by atoms with Crippen LogP contribution in [-0.2, 0) is 10.0 Å². The summed E-state index contributed by atoms with van der Waals surface area (Å²) in [7, 11) is -3.98. The van der Waals surface area contributed by atoms with E-state index in [2.05, 4.69) is 10.4 Å². The summed E-state index contributed by atoms with van der Waals surface area (Å²) >= 11 is 11.2. The maximum absolute atomic E-state index is 13.8. The second-order valence-corrected chi connectivity index (χ2v) is 6.71. The molecule has 0 bridgehead atoms. The second-order valence-electron chi connectivity index (χ2n) is 4.14. The number of hydrogen-bond donors (Lipinski definition) is 1. The molecule has 0 unspecified atom stereocenters. The van der Waals surface area contributed by atoms with E-state index in [1.54, 1.807) is 0 Å². The number of halogens is 4. The number of amides is 1. The van der Waals surface area contributed by atoms with E-state index >= 15 is 0 Å². The molecule has 2 rings (SSSR count). The van der Waals surface area contributed by atoms with E-state index in [0.29, 0.717) is 0 Å². The van der Waals surface area contributed by atoms with E-state index in [1.807, 2.05) is 0 Å². The van der Waals surface area contributed by atoms with Gasteiger partial charge in [0.25, 0.3) is 15.9 Å². The summed E-state index contributed by atoms with van der Waals surface area (Å²) in [6.45, 7) is 0. The first kappa shape index (κ1) is 16.7. The second kappa shape index (κ2) is 5.82. The smallest absolute Gasteiger partial charge is 0.279 e. The van der Waals surface area contributed by atoms with Gasteiger partial charge in [0.2, 0.25) is 0 Å². The van der Waals surface area contributed by atoms with Crippen molar-refractivity contribution < 1.29 is 22.0 Å². The fourth-order valence-electron chi connectivity index (χ4n) is 1.50. The molecule has 0 spiro atoms. The number of carbonyl (C=O) groups is 1. The van der Waals surface area contributed by atoms with Gasteiger partial charge >= 0.3 is 0 Å². The monoisotopic (exact) mass is 369 g/mol. The Balaban J connectivity index is 2.38. The minimum atomic E-state index is -3.98. The minimum absolute atomic E-state index is 0.00232. The quantitative estimate of drug-likeness (QED) is 0.901. The maximum Gasteiger partial charge on any atom is 0.279 e. The first-order valence-corrected chi connectivity index (χ1v) is 8.12. The van der Waals surface area contributed by atoms with Gasteiger partial charge < -0.3 is 5.32 Å². The van der Waals surface area contributed by atoms with Crippen LogP contribution >= 0.6 is 23.2 Å². The molecule has 22 heavy (non-hydrogen) atoms. The molecule has 1 N–H and O–H groups in total. The Kier molecular flexibility index (Phi) is 4.41. The van der Waals surface area contributed by atoms with Gasteiger partial charge in [0, 0.05) is 0 Å². The lowest BCUT2D eigenvalue weighted by atomic mass is 10.3.